The van der Waals surface area contributed by atoms with Crippen LogP contribution < -0.4 is 20.1 Å². The van der Waals surface area contributed by atoms with Crippen LogP contribution in [0.4, 0.5) is 5.69 Å². The summed E-state index contributed by atoms with van der Waals surface area (Å²) in [5.41, 5.74) is 1.23. The van der Waals surface area contributed by atoms with Crippen molar-refractivity contribution >= 4 is 28.9 Å². The van der Waals surface area contributed by atoms with Crippen LogP contribution in [0.1, 0.15) is 37.6 Å². The molecule has 1 unspecified atom stereocenters. The normalized spacial score (nSPS) is 11.4. The molecule has 7 heteroatoms. The third kappa shape index (κ3) is 8.09. The van der Waals surface area contributed by atoms with E-state index in [1.165, 1.54) is 0 Å². The van der Waals surface area contributed by atoms with Crippen LogP contribution in [0.15, 0.2) is 48.5 Å². The van der Waals surface area contributed by atoms with E-state index in [1.807, 2.05) is 51.1 Å². The van der Waals surface area contributed by atoms with E-state index in [-0.39, 0.29) is 17.1 Å². The lowest BCUT2D eigenvalue weighted by molar-refractivity contribution is 0.0977. The molecule has 2 aromatic rings. The van der Waals surface area contributed by atoms with Crippen molar-refractivity contribution in [1.82, 2.24) is 5.32 Å². The average Bonchev–Trinajstić information content (AvgIpc) is 2.72. The van der Waals surface area contributed by atoms with Crippen molar-refractivity contribution < 1.29 is 19.0 Å². The Kier molecular flexibility index (Phi) is 9.40. The van der Waals surface area contributed by atoms with Gasteiger partial charge in [-0.05, 0) is 75.0 Å². The second-order valence-corrected chi connectivity index (χ2v) is 6.75. The first-order valence-corrected chi connectivity index (χ1v) is 10.1. The molecule has 0 aromatic heterocycles. The fraction of sp³-hybridized carbons (Fsp3) is 0.364. The summed E-state index contributed by atoms with van der Waals surface area (Å²) < 4.78 is 16.6. The number of amides is 1. The topological polar surface area (TPSA) is 68.8 Å². The summed E-state index contributed by atoms with van der Waals surface area (Å²) in [6, 6.07) is 14.4. The first-order valence-electron chi connectivity index (χ1n) is 9.71. The lowest BCUT2D eigenvalue weighted by atomic mass is 10.2. The quantitative estimate of drug-likeness (QED) is 0.442. The Hall–Kier alpha value is -2.64. The van der Waals surface area contributed by atoms with E-state index in [0.29, 0.717) is 31.1 Å². The Labute approximate surface area is 177 Å². The number of carbonyl (C=O) groups is 1. The van der Waals surface area contributed by atoms with Crippen molar-refractivity contribution in [2.24, 2.45) is 0 Å². The molecular formula is C22H28N2O4S. The Morgan fingerprint density at radius 3 is 2.52 bits per heavy atom. The van der Waals surface area contributed by atoms with Crippen LogP contribution in [0.3, 0.4) is 0 Å². The van der Waals surface area contributed by atoms with Gasteiger partial charge < -0.3 is 19.5 Å². The Morgan fingerprint density at radius 2 is 1.83 bits per heavy atom. The zero-order valence-electron chi connectivity index (χ0n) is 17.1. The number of hydrogen-bond donors (Lipinski definition) is 2. The number of nitrogens with one attached hydrogen (secondary N) is 2. The summed E-state index contributed by atoms with van der Waals surface area (Å²) in [5, 5.41) is 5.89. The Morgan fingerprint density at radius 1 is 1.07 bits per heavy atom. The molecule has 156 valence electrons. The summed E-state index contributed by atoms with van der Waals surface area (Å²) in [5.74, 6) is 1.10. The molecule has 0 aliphatic heterocycles. The van der Waals surface area contributed by atoms with Crippen LogP contribution in [0.25, 0.3) is 0 Å². The minimum absolute atomic E-state index is 0.0853. The SMILES string of the molecule is CCOCCOc1ccc(NC(=S)NC(=O)c2cccc(OC(C)CC)c2)cc1. The molecular weight excluding hydrogens is 388 g/mol. The van der Waals surface area contributed by atoms with Crippen LogP contribution in [-0.2, 0) is 4.74 Å². The summed E-state index contributed by atoms with van der Waals surface area (Å²) in [6.45, 7) is 7.70. The van der Waals surface area contributed by atoms with Crippen LogP contribution in [0, 0.1) is 0 Å². The van der Waals surface area contributed by atoms with Gasteiger partial charge in [0.05, 0.1) is 12.7 Å². The molecule has 2 N–H and O–H groups in total. The Balaban J connectivity index is 1.85. The molecule has 0 radical (unpaired) electrons. The molecule has 6 nitrogen and oxygen atoms in total. The van der Waals surface area contributed by atoms with E-state index in [1.54, 1.807) is 18.2 Å². The first-order chi connectivity index (χ1) is 14.0. The van der Waals surface area contributed by atoms with Gasteiger partial charge in [-0.2, -0.15) is 0 Å². The molecule has 1 amide bonds. The van der Waals surface area contributed by atoms with Crippen molar-refractivity contribution in [3.63, 3.8) is 0 Å². The fourth-order valence-corrected chi connectivity index (χ4v) is 2.57. The molecule has 0 spiro atoms. The zero-order valence-corrected chi connectivity index (χ0v) is 17.9. The van der Waals surface area contributed by atoms with E-state index in [4.69, 9.17) is 26.4 Å². The van der Waals surface area contributed by atoms with Crippen LogP contribution in [0.2, 0.25) is 0 Å². The molecule has 0 bridgehead atoms. The van der Waals surface area contributed by atoms with Gasteiger partial charge in [-0.15, -0.1) is 0 Å². The second kappa shape index (κ2) is 12.0. The van der Waals surface area contributed by atoms with Crippen LogP contribution >= 0.6 is 12.2 Å². The maximum absolute atomic E-state index is 12.5. The zero-order chi connectivity index (χ0) is 21.1. The molecule has 0 saturated heterocycles. The van der Waals surface area contributed by atoms with Gasteiger partial charge in [-0.1, -0.05) is 13.0 Å². The highest BCUT2D eigenvalue weighted by Crippen LogP contribution is 2.17. The van der Waals surface area contributed by atoms with E-state index >= 15 is 0 Å². The highest BCUT2D eigenvalue weighted by atomic mass is 32.1. The summed E-state index contributed by atoms with van der Waals surface area (Å²) in [7, 11) is 0. The molecule has 2 rings (SSSR count). The number of rotatable bonds is 10. The third-order valence-corrected chi connectivity index (χ3v) is 4.25. The van der Waals surface area contributed by atoms with Gasteiger partial charge in [0, 0.05) is 17.9 Å². The van der Waals surface area contributed by atoms with Gasteiger partial charge in [0.15, 0.2) is 5.11 Å². The number of carbonyl (C=O) groups excluding carboxylic acids is 1. The smallest absolute Gasteiger partial charge is 0.257 e. The third-order valence-electron chi connectivity index (χ3n) is 4.05. The van der Waals surface area contributed by atoms with Crippen molar-refractivity contribution in [2.45, 2.75) is 33.3 Å². The summed E-state index contributed by atoms with van der Waals surface area (Å²) >= 11 is 5.24. The van der Waals surface area contributed by atoms with Gasteiger partial charge in [0.25, 0.3) is 5.91 Å². The summed E-state index contributed by atoms with van der Waals surface area (Å²) in [6.07, 6.45) is 0.975. The molecule has 1 atom stereocenters. The van der Waals surface area contributed by atoms with Crippen LogP contribution in [-0.4, -0.2) is 36.9 Å². The first kappa shape index (κ1) is 22.6. The van der Waals surface area contributed by atoms with Crippen molar-refractivity contribution in [3.05, 3.63) is 54.1 Å². The predicted molar refractivity (Wildman–Crippen MR) is 119 cm³/mol. The minimum Gasteiger partial charge on any atom is -0.491 e. The second-order valence-electron chi connectivity index (χ2n) is 6.34. The van der Waals surface area contributed by atoms with Gasteiger partial charge >= 0.3 is 0 Å². The molecule has 0 heterocycles. The molecule has 0 aliphatic rings. The maximum Gasteiger partial charge on any atom is 0.257 e. The van der Waals surface area contributed by atoms with E-state index in [0.717, 1.165) is 17.9 Å². The van der Waals surface area contributed by atoms with Gasteiger partial charge in [-0.25, -0.2) is 0 Å². The lowest BCUT2D eigenvalue weighted by Gasteiger charge is -2.14. The monoisotopic (exact) mass is 416 g/mol. The number of thiocarbonyl (C=S) groups is 1. The number of benzene rings is 2. The van der Waals surface area contributed by atoms with Crippen molar-refractivity contribution in [3.8, 4) is 11.5 Å². The number of ether oxygens (including phenoxy) is 3. The molecule has 2 aromatic carbocycles. The van der Waals surface area contributed by atoms with E-state index in [9.17, 15) is 4.79 Å². The average molecular weight is 417 g/mol. The lowest BCUT2D eigenvalue weighted by Crippen LogP contribution is -2.34. The van der Waals surface area contributed by atoms with Gasteiger partial charge in [0.1, 0.15) is 18.1 Å². The van der Waals surface area contributed by atoms with Crippen molar-refractivity contribution in [2.75, 3.05) is 25.1 Å². The van der Waals surface area contributed by atoms with Crippen molar-refractivity contribution in [1.29, 1.82) is 0 Å². The molecule has 0 fully saturated rings. The van der Waals surface area contributed by atoms with Gasteiger partial charge in [0.2, 0.25) is 0 Å². The Bertz CT molecular complexity index is 796. The summed E-state index contributed by atoms with van der Waals surface area (Å²) in [4.78, 5) is 12.5. The maximum atomic E-state index is 12.5. The van der Waals surface area contributed by atoms with E-state index in [2.05, 4.69) is 10.6 Å². The molecule has 0 aliphatic carbocycles. The highest BCUT2D eigenvalue weighted by Gasteiger charge is 2.10. The van der Waals surface area contributed by atoms with E-state index < -0.39 is 0 Å². The molecule has 0 saturated carbocycles. The fourth-order valence-electron chi connectivity index (χ4n) is 2.36. The molecule has 29 heavy (non-hydrogen) atoms. The van der Waals surface area contributed by atoms with Crippen LogP contribution in [0.5, 0.6) is 11.5 Å². The highest BCUT2D eigenvalue weighted by molar-refractivity contribution is 7.80. The number of anilines is 1. The number of hydrogen-bond acceptors (Lipinski definition) is 5. The predicted octanol–water partition coefficient (Wildman–Crippen LogP) is 4.41. The van der Waals surface area contributed by atoms with Gasteiger partial charge in [-0.3, -0.25) is 10.1 Å². The minimum atomic E-state index is -0.298. The standard InChI is InChI=1S/C22H28N2O4S/c1-4-16(3)28-20-8-6-7-17(15-20)21(25)24-22(29)23-18-9-11-19(12-10-18)27-14-13-26-5-2/h6-12,15-16H,4-5,13-14H2,1-3H3,(H2,23,24,25,29). The largest absolute Gasteiger partial charge is 0.491 e.